The average Bonchev–Trinajstić information content (AvgIpc) is 2.31. The number of amides is 1. The van der Waals surface area contributed by atoms with E-state index in [4.69, 9.17) is 4.74 Å². The van der Waals surface area contributed by atoms with Gasteiger partial charge in [-0.3, -0.25) is 4.79 Å². The highest BCUT2D eigenvalue weighted by atomic mass is 16.5. The summed E-state index contributed by atoms with van der Waals surface area (Å²) in [5.74, 6) is 0.0160. The van der Waals surface area contributed by atoms with E-state index in [1.165, 1.54) is 6.92 Å². The van der Waals surface area contributed by atoms with Crippen LogP contribution in [-0.2, 0) is 9.53 Å². The van der Waals surface area contributed by atoms with E-state index < -0.39 is 0 Å². The normalized spacial score (nSPS) is 10.0. The highest BCUT2D eigenvalue weighted by Gasteiger charge is 2.16. The number of ether oxygens (including phenoxy) is 1. The smallest absolute Gasteiger partial charge is 0.216 e. The van der Waals surface area contributed by atoms with E-state index in [9.17, 15) is 4.79 Å². The van der Waals surface area contributed by atoms with Crippen molar-refractivity contribution in [1.29, 1.82) is 0 Å². The van der Waals surface area contributed by atoms with Crippen LogP contribution in [0.2, 0.25) is 0 Å². The van der Waals surface area contributed by atoms with Crippen LogP contribution in [0, 0.1) is 0 Å². The summed E-state index contributed by atoms with van der Waals surface area (Å²) >= 11 is 0. The minimum atomic E-state index is -0.128. The van der Waals surface area contributed by atoms with E-state index in [1.54, 1.807) is 0 Å². The first kappa shape index (κ1) is 23.5. The molecule has 0 fully saturated rings. The van der Waals surface area contributed by atoms with Crippen molar-refractivity contribution in [3.05, 3.63) is 0 Å². The molecule has 0 atom stereocenters. The summed E-state index contributed by atoms with van der Waals surface area (Å²) in [7, 11) is 1.95. The molecule has 0 aliphatic carbocycles. The van der Waals surface area contributed by atoms with Crippen molar-refractivity contribution < 1.29 is 9.53 Å². The van der Waals surface area contributed by atoms with Crippen LogP contribution in [0.3, 0.4) is 0 Å². The lowest BCUT2D eigenvalue weighted by Crippen LogP contribution is -2.31. The molecule has 0 rings (SSSR count). The quantitative estimate of drug-likeness (QED) is 0.784. The van der Waals surface area contributed by atoms with Gasteiger partial charge in [-0.1, -0.05) is 27.7 Å². The van der Waals surface area contributed by atoms with Crippen molar-refractivity contribution >= 4 is 5.91 Å². The third-order valence-electron chi connectivity index (χ3n) is 2.21. The van der Waals surface area contributed by atoms with Crippen LogP contribution in [0.25, 0.3) is 0 Å². The van der Waals surface area contributed by atoms with Crippen LogP contribution in [0.1, 0.15) is 61.8 Å². The molecule has 0 heterocycles. The van der Waals surface area contributed by atoms with Crippen molar-refractivity contribution in [2.45, 2.75) is 73.5 Å². The molecule has 0 aromatic carbocycles. The van der Waals surface area contributed by atoms with E-state index in [0.29, 0.717) is 19.2 Å². The Morgan fingerprint density at radius 2 is 1.68 bits per heavy atom. The second kappa shape index (κ2) is 15.4. The summed E-state index contributed by atoms with van der Waals surface area (Å²) in [6.45, 7) is 17.2. The number of rotatable bonds is 6. The highest BCUT2D eigenvalue weighted by molar-refractivity contribution is 5.72. The van der Waals surface area contributed by atoms with Gasteiger partial charge in [0.1, 0.15) is 0 Å². The summed E-state index contributed by atoms with van der Waals surface area (Å²) in [5.41, 5.74) is -0.128. The molecule has 0 aromatic heterocycles. The number of hydrogen-bond donors (Lipinski definition) is 2. The molecule has 0 saturated carbocycles. The third-order valence-corrected chi connectivity index (χ3v) is 2.21. The predicted molar refractivity (Wildman–Crippen MR) is 84.5 cm³/mol. The van der Waals surface area contributed by atoms with Crippen molar-refractivity contribution in [2.24, 2.45) is 0 Å². The van der Waals surface area contributed by atoms with E-state index in [1.807, 2.05) is 41.7 Å². The Morgan fingerprint density at radius 1 is 1.26 bits per heavy atom. The van der Waals surface area contributed by atoms with Crippen LogP contribution in [-0.4, -0.2) is 37.7 Å². The monoisotopic (exact) mass is 276 g/mol. The van der Waals surface area contributed by atoms with Gasteiger partial charge in [0, 0.05) is 26.1 Å². The van der Waals surface area contributed by atoms with Gasteiger partial charge in [-0.25, -0.2) is 0 Å². The molecule has 0 radical (unpaired) electrons. The van der Waals surface area contributed by atoms with Crippen LogP contribution in [0.5, 0.6) is 0 Å². The molecule has 0 spiro atoms. The first-order valence-electron chi connectivity index (χ1n) is 7.30. The molecular weight excluding hydrogens is 240 g/mol. The van der Waals surface area contributed by atoms with Crippen LogP contribution < -0.4 is 10.6 Å². The van der Waals surface area contributed by atoms with E-state index in [-0.39, 0.29) is 11.5 Å². The zero-order valence-corrected chi connectivity index (χ0v) is 14.5. The zero-order valence-electron chi connectivity index (χ0n) is 14.5. The van der Waals surface area contributed by atoms with Crippen molar-refractivity contribution in [3.63, 3.8) is 0 Å². The molecule has 0 bridgehead atoms. The molecule has 0 saturated heterocycles. The molecule has 0 aliphatic heterocycles. The first-order chi connectivity index (χ1) is 8.75. The van der Waals surface area contributed by atoms with Gasteiger partial charge in [-0.15, -0.1) is 0 Å². The minimum Gasteiger partial charge on any atom is -0.376 e. The molecule has 4 heteroatoms. The molecule has 118 valence electrons. The van der Waals surface area contributed by atoms with Crippen molar-refractivity contribution in [3.8, 4) is 0 Å². The van der Waals surface area contributed by atoms with Crippen molar-refractivity contribution in [1.82, 2.24) is 10.6 Å². The molecule has 2 N–H and O–H groups in total. The number of carbonyl (C=O) groups excluding carboxylic acids is 1. The second-order valence-electron chi connectivity index (χ2n) is 4.87. The summed E-state index contributed by atoms with van der Waals surface area (Å²) in [6, 6.07) is 0.634. The minimum absolute atomic E-state index is 0.0160. The topological polar surface area (TPSA) is 50.4 Å². The molecule has 0 aromatic rings. The van der Waals surface area contributed by atoms with Gasteiger partial charge in [0.25, 0.3) is 0 Å². The van der Waals surface area contributed by atoms with Gasteiger partial charge < -0.3 is 15.4 Å². The lowest BCUT2D eigenvalue weighted by molar-refractivity contribution is -0.119. The molecule has 19 heavy (non-hydrogen) atoms. The Hall–Kier alpha value is -0.610. The summed E-state index contributed by atoms with van der Waals surface area (Å²) < 4.78 is 5.46. The van der Waals surface area contributed by atoms with Crippen LogP contribution in [0.15, 0.2) is 0 Å². The van der Waals surface area contributed by atoms with Crippen molar-refractivity contribution in [2.75, 3.05) is 20.2 Å². The maximum absolute atomic E-state index is 10.5. The lowest BCUT2D eigenvalue weighted by Gasteiger charge is -2.24. The fraction of sp³-hybridized carbons (Fsp3) is 0.933. The Morgan fingerprint density at radius 3 is 1.95 bits per heavy atom. The molecular formula is C15H36N2O2. The van der Waals surface area contributed by atoms with E-state index >= 15 is 0 Å². The zero-order chi connectivity index (χ0) is 15.9. The average molecular weight is 276 g/mol. The fourth-order valence-corrected chi connectivity index (χ4v) is 1.00. The Kier molecular flexibility index (Phi) is 19.1. The summed E-state index contributed by atoms with van der Waals surface area (Å²) in [5, 5.41) is 5.77. The van der Waals surface area contributed by atoms with Gasteiger partial charge in [0.15, 0.2) is 0 Å². The van der Waals surface area contributed by atoms with Gasteiger partial charge in [0.05, 0.1) is 5.60 Å². The third kappa shape index (κ3) is 26.8. The Bertz CT molecular complexity index is 193. The lowest BCUT2D eigenvalue weighted by atomic mass is 10.1. The van der Waals surface area contributed by atoms with E-state index in [0.717, 1.165) is 6.42 Å². The first-order valence-corrected chi connectivity index (χ1v) is 7.30. The summed E-state index contributed by atoms with van der Waals surface area (Å²) in [6.07, 6.45) is 0.848. The Labute approximate surface area is 120 Å². The fourth-order valence-electron chi connectivity index (χ4n) is 1.00. The standard InChI is InChI=1S/C9H19NO2.C4H11N.C2H6/c1-5-12-9(3,4)6-7-10-8(2)11;1-4(2)5-3;1-2/h5-7H2,1-4H3,(H,10,11);4-5H,1-3H3;1-2H3. The van der Waals surface area contributed by atoms with Gasteiger partial charge in [-0.05, 0) is 34.2 Å². The number of hydrogen-bond acceptors (Lipinski definition) is 3. The molecule has 1 amide bonds. The maximum Gasteiger partial charge on any atom is 0.216 e. The molecule has 0 unspecified atom stereocenters. The number of nitrogens with one attached hydrogen (secondary N) is 2. The second-order valence-corrected chi connectivity index (χ2v) is 4.87. The highest BCUT2D eigenvalue weighted by Crippen LogP contribution is 2.12. The van der Waals surface area contributed by atoms with Gasteiger partial charge in [-0.2, -0.15) is 0 Å². The number of carbonyl (C=O) groups is 1. The van der Waals surface area contributed by atoms with Gasteiger partial charge >= 0.3 is 0 Å². The predicted octanol–water partition coefficient (Wildman–Crippen LogP) is 2.97. The Balaban J connectivity index is -0.000000307. The van der Waals surface area contributed by atoms with E-state index in [2.05, 4.69) is 24.5 Å². The van der Waals surface area contributed by atoms with Crippen LogP contribution in [0.4, 0.5) is 0 Å². The van der Waals surface area contributed by atoms with Gasteiger partial charge in [0.2, 0.25) is 5.91 Å². The SMILES string of the molecule is CC.CCOC(C)(C)CCNC(C)=O.CNC(C)C. The largest absolute Gasteiger partial charge is 0.376 e. The maximum atomic E-state index is 10.5. The molecule has 0 aliphatic rings. The van der Waals surface area contributed by atoms with Crippen LogP contribution >= 0.6 is 0 Å². The molecule has 4 nitrogen and oxygen atoms in total. The summed E-state index contributed by atoms with van der Waals surface area (Å²) in [4.78, 5) is 10.5.